The van der Waals surface area contributed by atoms with Gasteiger partial charge in [-0.2, -0.15) is 0 Å². The fourth-order valence-electron chi connectivity index (χ4n) is 3.20. The summed E-state index contributed by atoms with van der Waals surface area (Å²) in [6.45, 7) is 4.40. The van der Waals surface area contributed by atoms with Crippen molar-refractivity contribution in [2.45, 2.75) is 37.2 Å². The zero-order chi connectivity index (χ0) is 17.9. The van der Waals surface area contributed by atoms with Crippen molar-refractivity contribution in [3.8, 4) is 5.75 Å². The van der Waals surface area contributed by atoms with Gasteiger partial charge in [0.15, 0.2) is 6.10 Å². The van der Waals surface area contributed by atoms with Crippen LogP contribution in [0.4, 0.5) is 0 Å². The standard InChI is InChI=1S/C17H24N2O5S/c1-2-23-17(20)16-10-13-9-14(3-4-15(13)24-16)25(21,22)19-8-6-12-5-7-18-11-12/h3-4,9,12,16,18-19H,2,5-8,10-11H2,1H3. The van der Waals surface area contributed by atoms with E-state index in [4.69, 9.17) is 9.47 Å². The van der Waals surface area contributed by atoms with E-state index in [1.165, 1.54) is 6.07 Å². The van der Waals surface area contributed by atoms with Crippen molar-refractivity contribution in [1.82, 2.24) is 10.0 Å². The smallest absolute Gasteiger partial charge is 0.347 e. The Morgan fingerprint density at radius 2 is 2.28 bits per heavy atom. The number of hydrogen-bond donors (Lipinski definition) is 2. The van der Waals surface area contributed by atoms with Crippen LogP contribution in [0.2, 0.25) is 0 Å². The van der Waals surface area contributed by atoms with Crippen LogP contribution in [0.1, 0.15) is 25.3 Å². The van der Waals surface area contributed by atoms with Gasteiger partial charge in [0.1, 0.15) is 5.75 Å². The summed E-state index contributed by atoms with van der Waals surface area (Å²) in [6, 6.07) is 4.68. The first kappa shape index (κ1) is 18.2. The van der Waals surface area contributed by atoms with Gasteiger partial charge in [-0.3, -0.25) is 0 Å². The molecule has 1 aromatic rings. The Bertz CT molecular complexity index is 729. The third-order valence-corrected chi connectivity index (χ3v) is 6.03. The maximum Gasteiger partial charge on any atom is 0.347 e. The second kappa shape index (κ2) is 7.72. The highest BCUT2D eigenvalue weighted by atomic mass is 32.2. The number of hydrogen-bond acceptors (Lipinski definition) is 6. The molecular weight excluding hydrogens is 344 g/mol. The van der Waals surface area contributed by atoms with Crippen LogP contribution in [0, 0.1) is 5.92 Å². The zero-order valence-electron chi connectivity index (χ0n) is 14.3. The number of esters is 1. The Morgan fingerprint density at radius 3 is 3.00 bits per heavy atom. The van der Waals surface area contributed by atoms with Gasteiger partial charge >= 0.3 is 5.97 Å². The number of rotatable bonds is 7. The molecule has 2 unspecified atom stereocenters. The Labute approximate surface area is 148 Å². The molecular formula is C17H24N2O5S. The third kappa shape index (κ3) is 4.31. The normalized spacial score (nSPS) is 22.4. The van der Waals surface area contributed by atoms with E-state index < -0.39 is 22.1 Å². The van der Waals surface area contributed by atoms with Crippen molar-refractivity contribution in [3.63, 3.8) is 0 Å². The second-order valence-corrected chi connectivity index (χ2v) is 8.14. The summed E-state index contributed by atoms with van der Waals surface area (Å²) in [5.41, 5.74) is 0.709. The van der Waals surface area contributed by atoms with Crippen molar-refractivity contribution in [2.75, 3.05) is 26.2 Å². The van der Waals surface area contributed by atoms with Gasteiger partial charge in [0, 0.05) is 13.0 Å². The van der Waals surface area contributed by atoms with Gasteiger partial charge in [-0.25, -0.2) is 17.9 Å². The number of carbonyl (C=O) groups excluding carboxylic acids is 1. The SMILES string of the molecule is CCOC(=O)C1Cc2cc(S(=O)(=O)NCCC3CCNC3)ccc2O1. The van der Waals surface area contributed by atoms with Crippen LogP contribution in [0.3, 0.4) is 0 Å². The summed E-state index contributed by atoms with van der Waals surface area (Å²) in [5, 5.41) is 3.27. The van der Waals surface area contributed by atoms with Gasteiger partial charge in [-0.1, -0.05) is 0 Å². The van der Waals surface area contributed by atoms with Gasteiger partial charge in [0.2, 0.25) is 10.0 Å². The minimum Gasteiger partial charge on any atom is -0.478 e. The lowest BCUT2D eigenvalue weighted by molar-refractivity contribution is -0.150. The van der Waals surface area contributed by atoms with E-state index in [2.05, 4.69) is 10.0 Å². The Balaban J connectivity index is 1.62. The maximum atomic E-state index is 12.5. The fraction of sp³-hybridized carbons (Fsp3) is 0.588. The molecule has 2 N–H and O–H groups in total. The molecule has 0 radical (unpaired) electrons. The molecule has 7 nitrogen and oxygen atoms in total. The highest BCUT2D eigenvalue weighted by Crippen LogP contribution is 2.31. The maximum absolute atomic E-state index is 12.5. The van der Waals surface area contributed by atoms with Crippen molar-refractivity contribution < 1.29 is 22.7 Å². The first-order valence-corrected chi connectivity index (χ1v) is 10.1. The molecule has 138 valence electrons. The quantitative estimate of drug-likeness (QED) is 0.693. The van der Waals surface area contributed by atoms with E-state index >= 15 is 0 Å². The Hall–Kier alpha value is -1.64. The van der Waals surface area contributed by atoms with Gasteiger partial charge in [0.25, 0.3) is 0 Å². The van der Waals surface area contributed by atoms with E-state index in [1.54, 1.807) is 19.1 Å². The predicted octanol–water partition coefficient (Wildman–Crippen LogP) is 0.831. The number of carbonyl (C=O) groups is 1. The Kier molecular flexibility index (Phi) is 5.61. The number of benzene rings is 1. The van der Waals surface area contributed by atoms with Crippen LogP contribution in [0.25, 0.3) is 0 Å². The molecule has 0 aromatic heterocycles. The van der Waals surface area contributed by atoms with E-state index in [0.717, 1.165) is 25.9 Å². The van der Waals surface area contributed by atoms with Crippen LogP contribution in [0.15, 0.2) is 23.1 Å². The lowest BCUT2D eigenvalue weighted by Crippen LogP contribution is -2.27. The molecule has 2 aliphatic heterocycles. The first-order valence-electron chi connectivity index (χ1n) is 8.66. The van der Waals surface area contributed by atoms with Gasteiger partial charge < -0.3 is 14.8 Å². The minimum absolute atomic E-state index is 0.198. The van der Waals surface area contributed by atoms with Crippen LogP contribution in [-0.4, -0.2) is 46.7 Å². The monoisotopic (exact) mass is 368 g/mol. The summed E-state index contributed by atoms with van der Waals surface area (Å²) >= 11 is 0. The van der Waals surface area contributed by atoms with E-state index in [9.17, 15) is 13.2 Å². The molecule has 0 bridgehead atoms. The van der Waals surface area contributed by atoms with Gasteiger partial charge in [0.05, 0.1) is 11.5 Å². The number of ether oxygens (including phenoxy) is 2. The molecule has 1 fully saturated rings. The van der Waals surface area contributed by atoms with Crippen molar-refractivity contribution >= 4 is 16.0 Å². The highest BCUT2D eigenvalue weighted by molar-refractivity contribution is 7.89. The summed E-state index contributed by atoms with van der Waals surface area (Å²) in [4.78, 5) is 12.0. The predicted molar refractivity (Wildman–Crippen MR) is 92.0 cm³/mol. The zero-order valence-corrected chi connectivity index (χ0v) is 15.1. The lowest BCUT2D eigenvalue weighted by Gasteiger charge is -2.10. The molecule has 1 aromatic carbocycles. The topological polar surface area (TPSA) is 93.7 Å². The lowest BCUT2D eigenvalue weighted by atomic mass is 10.1. The van der Waals surface area contributed by atoms with Crippen molar-refractivity contribution in [3.05, 3.63) is 23.8 Å². The summed E-state index contributed by atoms with van der Waals surface area (Å²) in [7, 11) is -3.56. The summed E-state index contributed by atoms with van der Waals surface area (Å²) in [6.07, 6.45) is 1.54. The largest absolute Gasteiger partial charge is 0.478 e. The summed E-state index contributed by atoms with van der Waals surface area (Å²) < 4.78 is 38.1. The molecule has 2 atom stereocenters. The number of sulfonamides is 1. The first-order chi connectivity index (χ1) is 12.0. The molecule has 1 saturated heterocycles. The number of fused-ring (bicyclic) bond motifs is 1. The number of nitrogens with one attached hydrogen (secondary N) is 2. The average Bonchev–Trinajstić information content (AvgIpc) is 3.23. The van der Waals surface area contributed by atoms with Crippen molar-refractivity contribution in [2.24, 2.45) is 5.92 Å². The summed E-state index contributed by atoms with van der Waals surface area (Å²) in [5.74, 6) is 0.641. The molecule has 0 spiro atoms. The third-order valence-electron chi connectivity index (χ3n) is 4.57. The molecule has 3 rings (SSSR count). The second-order valence-electron chi connectivity index (χ2n) is 6.38. The minimum atomic E-state index is -3.56. The van der Waals surface area contributed by atoms with Crippen LogP contribution >= 0.6 is 0 Å². The van der Waals surface area contributed by atoms with Gasteiger partial charge in [-0.05, 0) is 62.5 Å². The van der Waals surface area contributed by atoms with Gasteiger partial charge in [-0.15, -0.1) is 0 Å². The van der Waals surface area contributed by atoms with Crippen molar-refractivity contribution in [1.29, 1.82) is 0 Å². The van der Waals surface area contributed by atoms with E-state index in [-0.39, 0.29) is 11.5 Å². The molecule has 0 aliphatic carbocycles. The van der Waals surface area contributed by atoms with Crippen LogP contribution in [0.5, 0.6) is 5.75 Å². The van der Waals surface area contributed by atoms with Crippen LogP contribution < -0.4 is 14.8 Å². The molecule has 0 saturated carbocycles. The highest BCUT2D eigenvalue weighted by Gasteiger charge is 2.31. The molecule has 8 heteroatoms. The molecule has 25 heavy (non-hydrogen) atoms. The molecule has 2 heterocycles. The Morgan fingerprint density at radius 1 is 1.44 bits per heavy atom. The fourth-order valence-corrected chi connectivity index (χ4v) is 4.30. The van der Waals surface area contributed by atoms with Crippen LogP contribution in [-0.2, 0) is 26.0 Å². The van der Waals surface area contributed by atoms with E-state index in [0.29, 0.717) is 30.2 Å². The molecule has 0 amide bonds. The van der Waals surface area contributed by atoms with E-state index in [1.807, 2.05) is 0 Å². The average molecular weight is 368 g/mol. The molecule has 2 aliphatic rings.